The van der Waals surface area contributed by atoms with Gasteiger partial charge in [0.15, 0.2) is 7.11 Å². The van der Waals surface area contributed by atoms with E-state index in [4.69, 9.17) is 5.84 Å². The zero-order valence-electron chi connectivity index (χ0n) is 8.67. The van der Waals surface area contributed by atoms with Gasteiger partial charge in [-0.15, -0.1) is 11.8 Å². The molecule has 16 heavy (non-hydrogen) atoms. The van der Waals surface area contributed by atoms with E-state index in [0.717, 1.165) is 4.90 Å². The second-order valence-corrected chi connectivity index (χ2v) is 3.84. The summed E-state index contributed by atoms with van der Waals surface area (Å²) in [7, 11) is 1.29. The highest BCUT2D eigenvalue weighted by Crippen LogP contribution is 2.22. The minimum absolute atomic E-state index is 0.200. The van der Waals surface area contributed by atoms with Crippen LogP contribution < -0.4 is 11.3 Å². The monoisotopic (exact) mass is 242 g/mol. The second-order valence-electron chi connectivity index (χ2n) is 2.79. The number of benzene rings is 1. The molecule has 0 unspecified atom stereocenters. The van der Waals surface area contributed by atoms with Gasteiger partial charge in [-0.05, 0) is 6.07 Å². The number of amides is 1. The number of hydrazine groups is 1. The molecule has 0 fully saturated rings. The molecule has 7 heteroatoms. The molecule has 0 bridgehead atoms. The number of carbonyl (C=O) groups is 1. The Morgan fingerprint density at radius 1 is 1.62 bits per heavy atom. The maximum atomic E-state index is 11.1. The lowest BCUT2D eigenvalue weighted by Crippen LogP contribution is -2.31. The van der Waals surface area contributed by atoms with Gasteiger partial charge in [0.1, 0.15) is 0 Å². The van der Waals surface area contributed by atoms with Crippen molar-refractivity contribution in [3.8, 4) is 0 Å². The van der Waals surface area contributed by atoms with Crippen LogP contribution in [0.5, 0.6) is 0 Å². The largest absolute Gasteiger partial charge is 0.317 e. The summed E-state index contributed by atoms with van der Waals surface area (Å²) >= 11 is 1.28. The Kier molecular flexibility index (Phi) is 4.74. The first-order chi connectivity index (χ1) is 7.67. The average Bonchev–Trinajstić information content (AvgIpc) is 2.35. The number of nitrogens with zero attached hydrogens (tertiary/aromatic N) is 1. The van der Waals surface area contributed by atoms with Crippen molar-refractivity contribution in [3.63, 3.8) is 0 Å². The summed E-state index contributed by atoms with van der Waals surface area (Å²) in [4.78, 5) is 27.7. The fraction of sp³-hybridized carbons (Fsp3) is 0.222. The van der Waals surface area contributed by atoms with E-state index in [1.54, 1.807) is 24.3 Å². The van der Waals surface area contributed by atoms with Crippen molar-refractivity contribution in [2.45, 2.75) is 4.90 Å². The van der Waals surface area contributed by atoms with E-state index >= 15 is 0 Å². The van der Waals surface area contributed by atoms with E-state index in [9.17, 15) is 9.70 Å². The van der Waals surface area contributed by atoms with Crippen LogP contribution >= 0.6 is 11.8 Å². The van der Waals surface area contributed by atoms with E-state index in [1.165, 1.54) is 18.9 Å². The van der Waals surface area contributed by atoms with Gasteiger partial charge in [-0.3, -0.25) is 10.2 Å². The Bertz CT molecular complexity index is 397. The Labute approximate surface area is 96.6 Å². The Morgan fingerprint density at radius 3 is 3.00 bits per heavy atom. The highest BCUT2D eigenvalue weighted by Gasteiger charge is 2.14. The van der Waals surface area contributed by atoms with Crippen LogP contribution in [0, 0.1) is 4.91 Å². The van der Waals surface area contributed by atoms with Crippen molar-refractivity contribution in [2.75, 3.05) is 12.9 Å². The topological polar surface area (TPSA) is 84.4 Å². The number of hydrogen-bond acceptors (Lipinski definition) is 5. The molecular weight excluding hydrogens is 230 g/mol. The molecule has 86 valence electrons. The fourth-order valence-corrected chi connectivity index (χ4v) is 1.74. The Hall–Kier alpha value is -1.60. The molecule has 0 aromatic heterocycles. The lowest BCUT2D eigenvalue weighted by molar-refractivity contribution is -0.736. The van der Waals surface area contributed by atoms with E-state index in [2.05, 4.69) is 4.84 Å². The highest BCUT2D eigenvalue weighted by atomic mass is 32.2. The Morgan fingerprint density at radius 2 is 2.38 bits per heavy atom. The molecule has 0 saturated carbocycles. The van der Waals surface area contributed by atoms with E-state index < -0.39 is 0 Å². The first-order valence-electron chi connectivity index (χ1n) is 4.41. The number of nitrogens with one attached hydrogen (secondary N) is 1. The number of hydrogen-bond donors (Lipinski definition) is 2. The predicted molar refractivity (Wildman–Crippen MR) is 59.8 cm³/mol. The molecule has 0 aliphatic carbocycles. The van der Waals surface area contributed by atoms with Crippen molar-refractivity contribution in [2.24, 2.45) is 5.84 Å². The summed E-state index contributed by atoms with van der Waals surface area (Å²) in [5.74, 6) is 4.87. The molecule has 0 aliphatic heterocycles. The van der Waals surface area contributed by atoms with Crippen LogP contribution in [0.15, 0.2) is 29.2 Å². The molecule has 1 aromatic rings. The van der Waals surface area contributed by atoms with Gasteiger partial charge in [0.2, 0.25) is 5.91 Å². The molecule has 3 N–H and O–H groups in total. The van der Waals surface area contributed by atoms with Crippen molar-refractivity contribution in [1.82, 2.24) is 5.43 Å². The molecule has 1 rings (SSSR count). The molecule has 0 radical (unpaired) electrons. The molecule has 0 heterocycles. The normalized spacial score (nSPS) is 9.62. The van der Waals surface area contributed by atoms with Crippen molar-refractivity contribution >= 4 is 23.4 Å². The van der Waals surface area contributed by atoms with Crippen LogP contribution in [0.4, 0.5) is 5.69 Å². The molecule has 0 spiro atoms. The zero-order chi connectivity index (χ0) is 12.0. The van der Waals surface area contributed by atoms with Gasteiger partial charge in [0.25, 0.3) is 4.92 Å². The van der Waals surface area contributed by atoms with Gasteiger partial charge >= 0.3 is 5.69 Å². The average molecular weight is 242 g/mol. The van der Waals surface area contributed by atoms with Crippen LogP contribution in [-0.4, -0.2) is 23.7 Å². The molecule has 0 aliphatic rings. The maximum Gasteiger partial charge on any atom is 0.317 e. The summed E-state index contributed by atoms with van der Waals surface area (Å²) < 4.78 is 0. The van der Waals surface area contributed by atoms with Crippen molar-refractivity contribution in [3.05, 3.63) is 29.2 Å². The van der Waals surface area contributed by atoms with E-state index in [1.807, 2.05) is 5.43 Å². The van der Waals surface area contributed by atoms with Crippen LogP contribution in [0.2, 0.25) is 0 Å². The van der Waals surface area contributed by atoms with Crippen LogP contribution in [0.1, 0.15) is 0 Å². The smallest absolute Gasteiger partial charge is 0.294 e. The molecular formula is C9H12N3O3S+. The maximum absolute atomic E-state index is 11.1. The third-order valence-electron chi connectivity index (χ3n) is 1.73. The van der Waals surface area contributed by atoms with Crippen LogP contribution in [0.25, 0.3) is 0 Å². The fourth-order valence-electron chi connectivity index (χ4n) is 0.983. The summed E-state index contributed by atoms with van der Waals surface area (Å²) in [6.07, 6.45) is 0. The van der Waals surface area contributed by atoms with Crippen molar-refractivity contribution < 1.29 is 14.6 Å². The van der Waals surface area contributed by atoms with Crippen LogP contribution in [0.3, 0.4) is 0 Å². The molecule has 1 amide bonds. The number of nitrogens with two attached hydrogens (primary N) is 1. The first-order valence-corrected chi connectivity index (χ1v) is 5.39. The third-order valence-corrected chi connectivity index (χ3v) is 2.72. The molecule has 1 aromatic carbocycles. The van der Waals surface area contributed by atoms with Gasteiger partial charge in [0.05, 0.1) is 10.7 Å². The molecule has 6 nitrogen and oxygen atoms in total. The summed E-state index contributed by atoms with van der Waals surface area (Å²) in [5.41, 5.74) is 2.40. The van der Waals surface area contributed by atoms with E-state index in [-0.39, 0.29) is 11.7 Å². The number of rotatable bonds is 5. The number of thioether (sulfide) groups is 1. The van der Waals surface area contributed by atoms with Crippen LogP contribution in [-0.2, 0) is 9.63 Å². The summed E-state index contributed by atoms with van der Waals surface area (Å²) in [5, 5.41) is 0. The van der Waals surface area contributed by atoms with Gasteiger partial charge in [-0.25, -0.2) is 10.7 Å². The van der Waals surface area contributed by atoms with Gasteiger partial charge in [0, 0.05) is 17.0 Å². The molecule has 0 atom stereocenters. The van der Waals surface area contributed by atoms with Gasteiger partial charge < -0.3 is 0 Å². The van der Waals surface area contributed by atoms with Gasteiger partial charge in [-0.1, -0.05) is 6.07 Å². The number of carbonyl (C=O) groups excluding carboxylic acids is 1. The van der Waals surface area contributed by atoms with Crippen molar-refractivity contribution in [1.29, 1.82) is 0 Å². The molecule has 0 saturated heterocycles. The standard InChI is InChI=1S/C9H11N3O3S/c1-15-12(14)7-3-2-4-8(5-7)16-6-9(13)11-10/h2-5H,6,10H2,1H3/p+1. The van der Waals surface area contributed by atoms with Gasteiger partial charge in [-0.2, -0.15) is 0 Å². The summed E-state index contributed by atoms with van der Waals surface area (Å²) in [6.45, 7) is 0. The lowest BCUT2D eigenvalue weighted by Gasteiger charge is -1.99. The predicted octanol–water partition coefficient (Wildman–Crippen LogP) is 0.740. The van der Waals surface area contributed by atoms with E-state index in [0.29, 0.717) is 10.6 Å². The minimum Gasteiger partial charge on any atom is -0.294 e. The quantitative estimate of drug-likeness (QED) is 0.344. The first kappa shape index (κ1) is 12.5. The second kappa shape index (κ2) is 6.09. The lowest BCUT2D eigenvalue weighted by atomic mass is 10.3. The highest BCUT2D eigenvalue weighted by molar-refractivity contribution is 8.00. The summed E-state index contributed by atoms with van der Waals surface area (Å²) in [6, 6.07) is 6.75. The SMILES string of the molecule is CO[N+](=O)c1cccc(SCC(=O)NN)c1. The third kappa shape index (κ3) is 3.52. The Balaban J connectivity index is 2.67. The minimum atomic E-state index is -0.277. The zero-order valence-corrected chi connectivity index (χ0v) is 9.49.